The number of benzene rings is 2. The van der Waals surface area contributed by atoms with Crippen LogP contribution in [-0.4, -0.2) is 33.3 Å². The molecule has 0 bridgehead atoms. The highest BCUT2D eigenvalue weighted by Gasteiger charge is 2.12. The van der Waals surface area contributed by atoms with Crippen molar-refractivity contribution in [1.82, 2.24) is 20.1 Å². The maximum atomic E-state index is 14.0. The third kappa shape index (κ3) is 5.84. The standard InChI is InChI=1S/C23H20BrF2N5O2S/c1-2-32-20-7-13(3-4-14(20)8-22-30-23(34)33-31-22)19-11-21(29-12-28-19)27-6-5-16-17(25)9-15(24)10-18(16)26/h3-4,7,9-12H,2,5-6,8H2,1H3,(H,27,28,29)(H,30,31,34). The number of anilines is 1. The van der Waals surface area contributed by atoms with Gasteiger partial charge in [0.2, 0.25) is 0 Å². The molecule has 0 saturated carbocycles. The van der Waals surface area contributed by atoms with Crippen LogP contribution in [0.25, 0.3) is 11.3 Å². The van der Waals surface area contributed by atoms with Gasteiger partial charge in [0.1, 0.15) is 35.4 Å². The van der Waals surface area contributed by atoms with Crippen LogP contribution in [0.3, 0.4) is 0 Å². The zero-order chi connectivity index (χ0) is 24.1. The number of halogens is 3. The summed E-state index contributed by atoms with van der Waals surface area (Å²) in [6, 6.07) is 10.0. The second kappa shape index (κ2) is 10.8. The molecule has 2 N–H and O–H groups in total. The third-order valence-electron chi connectivity index (χ3n) is 4.96. The molecular formula is C23H20BrF2N5O2S. The molecule has 0 saturated heterocycles. The molecule has 0 atom stereocenters. The summed E-state index contributed by atoms with van der Waals surface area (Å²) in [6.45, 7) is 2.70. The van der Waals surface area contributed by atoms with Gasteiger partial charge in [0.25, 0.3) is 0 Å². The van der Waals surface area contributed by atoms with Gasteiger partial charge in [-0.3, -0.25) is 0 Å². The number of nitrogens with one attached hydrogen (secondary N) is 2. The lowest BCUT2D eigenvalue weighted by Gasteiger charge is -2.12. The minimum Gasteiger partial charge on any atom is -0.494 e. The quantitative estimate of drug-likeness (QED) is 0.253. The Morgan fingerprint density at radius 3 is 2.65 bits per heavy atom. The van der Waals surface area contributed by atoms with Gasteiger partial charge in [-0.15, -0.1) is 0 Å². The molecular weight excluding hydrogens is 528 g/mol. The first-order chi connectivity index (χ1) is 16.4. The first-order valence-electron chi connectivity index (χ1n) is 10.4. The highest BCUT2D eigenvalue weighted by Crippen LogP contribution is 2.28. The Kier molecular flexibility index (Phi) is 7.63. The predicted octanol–water partition coefficient (Wildman–Crippen LogP) is 5.87. The summed E-state index contributed by atoms with van der Waals surface area (Å²) in [5.74, 6) is 0.656. The lowest BCUT2D eigenvalue weighted by Crippen LogP contribution is -2.09. The molecule has 0 radical (unpaired) electrons. The number of H-pyrrole nitrogens is 1. The van der Waals surface area contributed by atoms with Crippen LogP contribution >= 0.6 is 28.1 Å². The minimum atomic E-state index is -0.590. The molecule has 2 aromatic carbocycles. The number of aromatic amines is 1. The van der Waals surface area contributed by atoms with E-state index in [-0.39, 0.29) is 16.8 Å². The van der Waals surface area contributed by atoms with Crippen molar-refractivity contribution in [2.45, 2.75) is 19.8 Å². The number of hydrogen-bond donors (Lipinski definition) is 2. The van der Waals surface area contributed by atoms with Gasteiger partial charge in [0.05, 0.1) is 12.3 Å². The lowest BCUT2D eigenvalue weighted by molar-refractivity contribution is 0.337. The Morgan fingerprint density at radius 1 is 1.15 bits per heavy atom. The summed E-state index contributed by atoms with van der Waals surface area (Å²) < 4.78 is 39.3. The largest absolute Gasteiger partial charge is 0.494 e. The van der Waals surface area contributed by atoms with Crippen molar-refractivity contribution in [1.29, 1.82) is 0 Å². The molecule has 0 amide bonds. The Hall–Kier alpha value is -3.18. The van der Waals surface area contributed by atoms with Gasteiger partial charge >= 0.3 is 4.84 Å². The Morgan fingerprint density at radius 2 is 1.94 bits per heavy atom. The van der Waals surface area contributed by atoms with E-state index < -0.39 is 11.6 Å². The van der Waals surface area contributed by atoms with Crippen molar-refractivity contribution in [2.24, 2.45) is 0 Å². The summed E-state index contributed by atoms with van der Waals surface area (Å²) in [7, 11) is 0. The minimum absolute atomic E-state index is 0.0226. The van der Waals surface area contributed by atoms with Gasteiger partial charge in [-0.25, -0.2) is 23.9 Å². The van der Waals surface area contributed by atoms with Crippen LogP contribution < -0.4 is 10.1 Å². The van der Waals surface area contributed by atoms with E-state index in [9.17, 15) is 8.78 Å². The molecule has 0 fully saturated rings. The van der Waals surface area contributed by atoms with Crippen LogP contribution in [0.2, 0.25) is 0 Å². The van der Waals surface area contributed by atoms with Gasteiger partial charge in [0, 0.05) is 40.2 Å². The van der Waals surface area contributed by atoms with Crippen molar-refractivity contribution in [2.75, 3.05) is 18.5 Å². The number of aromatic nitrogens is 4. The average Bonchev–Trinajstić information content (AvgIpc) is 3.21. The van der Waals surface area contributed by atoms with Gasteiger partial charge in [-0.1, -0.05) is 28.1 Å². The van der Waals surface area contributed by atoms with E-state index in [0.29, 0.717) is 47.1 Å². The van der Waals surface area contributed by atoms with Gasteiger partial charge < -0.3 is 14.6 Å². The first kappa shape index (κ1) is 24.0. The zero-order valence-corrected chi connectivity index (χ0v) is 20.5. The highest BCUT2D eigenvalue weighted by molar-refractivity contribution is 9.10. The average molecular weight is 548 g/mol. The Labute approximate surface area is 207 Å². The molecule has 176 valence electrons. The van der Waals surface area contributed by atoms with Crippen molar-refractivity contribution in [3.8, 4) is 17.0 Å². The maximum absolute atomic E-state index is 14.0. The van der Waals surface area contributed by atoms with Crippen LogP contribution in [0.5, 0.6) is 5.75 Å². The molecule has 0 aliphatic carbocycles. The van der Waals surface area contributed by atoms with Crippen LogP contribution in [0, 0.1) is 16.5 Å². The predicted molar refractivity (Wildman–Crippen MR) is 129 cm³/mol. The first-order valence-corrected chi connectivity index (χ1v) is 11.6. The molecule has 34 heavy (non-hydrogen) atoms. The normalized spacial score (nSPS) is 10.9. The van der Waals surface area contributed by atoms with Crippen molar-refractivity contribution in [3.05, 3.63) is 80.6 Å². The van der Waals surface area contributed by atoms with E-state index >= 15 is 0 Å². The number of hydrogen-bond acceptors (Lipinski definition) is 7. The van der Waals surface area contributed by atoms with Crippen LogP contribution in [0.1, 0.15) is 23.9 Å². The number of ether oxygens (including phenoxy) is 1. The Bertz CT molecular complexity index is 1340. The Balaban J connectivity index is 1.49. The SMILES string of the molecule is CCOc1cc(-c2cc(NCCc3c(F)cc(Br)cc3F)ncn2)ccc1Cc1nc(=S)o[nH]1. The van der Waals surface area contributed by atoms with E-state index in [1.54, 1.807) is 6.07 Å². The van der Waals surface area contributed by atoms with Crippen LogP contribution in [0.15, 0.2) is 51.7 Å². The topological polar surface area (TPSA) is 88.9 Å². The van der Waals surface area contributed by atoms with E-state index in [0.717, 1.165) is 11.1 Å². The maximum Gasteiger partial charge on any atom is 0.314 e. The highest BCUT2D eigenvalue weighted by atomic mass is 79.9. The van der Waals surface area contributed by atoms with E-state index in [1.165, 1.54) is 18.5 Å². The summed E-state index contributed by atoms with van der Waals surface area (Å²) in [6.07, 6.45) is 2.07. The molecule has 0 aliphatic heterocycles. The van der Waals surface area contributed by atoms with Crippen LogP contribution in [0.4, 0.5) is 14.6 Å². The van der Waals surface area contributed by atoms with Crippen molar-refractivity contribution in [3.63, 3.8) is 0 Å². The van der Waals surface area contributed by atoms with Gasteiger partial charge in [0.15, 0.2) is 0 Å². The van der Waals surface area contributed by atoms with E-state index in [4.69, 9.17) is 21.5 Å². The van der Waals surface area contributed by atoms with Crippen molar-refractivity contribution < 1.29 is 18.0 Å². The molecule has 11 heteroatoms. The second-order valence-electron chi connectivity index (χ2n) is 7.27. The van der Waals surface area contributed by atoms with Gasteiger partial charge in [-0.2, -0.15) is 4.98 Å². The molecule has 2 aromatic heterocycles. The monoisotopic (exact) mass is 547 g/mol. The molecule has 0 aliphatic rings. The summed E-state index contributed by atoms with van der Waals surface area (Å²) in [5, 5.41) is 5.79. The fourth-order valence-corrected chi connectivity index (χ4v) is 3.96. The fourth-order valence-electron chi connectivity index (χ4n) is 3.40. The molecule has 0 unspecified atom stereocenters. The fraction of sp³-hybridized carbons (Fsp3) is 0.217. The van der Waals surface area contributed by atoms with E-state index in [1.807, 2.05) is 25.1 Å². The number of rotatable bonds is 9. The van der Waals surface area contributed by atoms with Crippen LogP contribution in [-0.2, 0) is 12.8 Å². The molecule has 7 nitrogen and oxygen atoms in total. The molecule has 4 rings (SSSR count). The van der Waals surface area contributed by atoms with E-state index in [2.05, 4.69) is 41.4 Å². The molecule has 2 heterocycles. The van der Waals surface area contributed by atoms with Crippen molar-refractivity contribution >= 4 is 34.0 Å². The lowest BCUT2D eigenvalue weighted by atomic mass is 10.0. The summed E-state index contributed by atoms with van der Waals surface area (Å²) in [5.41, 5.74) is 2.44. The third-order valence-corrected chi connectivity index (χ3v) is 5.59. The molecule has 4 aromatic rings. The summed E-state index contributed by atoms with van der Waals surface area (Å²) >= 11 is 7.99. The molecule has 0 spiro atoms. The van der Waals surface area contributed by atoms with Gasteiger partial charge in [-0.05, 0) is 43.8 Å². The second-order valence-corrected chi connectivity index (χ2v) is 8.54. The summed E-state index contributed by atoms with van der Waals surface area (Å²) in [4.78, 5) is 12.8. The zero-order valence-electron chi connectivity index (χ0n) is 18.1. The smallest absolute Gasteiger partial charge is 0.314 e. The number of nitrogens with zero attached hydrogens (tertiary/aromatic N) is 3.